The molecular formula is C21H26N4O3S. The van der Waals surface area contributed by atoms with Crippen molar-refractivity contribution in [3.05, 3.63) is 29.3 Å². The summed E-state index contributed by atoms with van der Waals surface area (Å²) in [6.07, 6.45) is 4.12. The first-order valence-electron chi connectivity index (χ1n) is 10.2. The average molecular weight is 415 g/mol. The van der Waals surface area contributed by atoms with Gasteiger partial charge in [-0.05, 0) is 38.3 Å². The van der Waals surface area contributed by atoms with Gasteiger partial charge in [0.15, 0.2) is 0 Å². The molecule has 1 N–H and O–H groups in total. The number of benzene rings is 1. The Kier molecular flexibility index (Phi) is 5.29. The van der Waals surface area contributed by atoms with E-state index in [0.29, 0.717) is 6.42 Å². The molecule has 1 aromatic carbocycles. The molecule has 1 aliphatic carbocycles. The second-order valence-electron chi connectivity index (χ2n) is 7.98. The van der Waals surface area contributed by atoms with Crippen molar-refractivity contribution < 1.29 is 14.4 Å². The van der Waals surface area contributed by atoms with E-state index < -0.39 is 5.54 Å². The summed E-state index contributed by atoms with van der Waals surface area (Å²) >= 11 is 1.60. The molecule has 0 radical (unpaired) electrons. The van der Waals surface area contributed by atoms with Crippen molar-refractivity contribution in [1.29, 1.82) is 0 Å². The fourth-order valence-corrected chi connectivity index (χ4v) is 5.27. The molecular weight excluding hydrogens is 388 g/mol. The van der Waals surface area contributed by atoms with Crippen molar-refractivity contribution in [2.24, 2.45) is 0 Å². The largest absolute Gasteiger partial charge is 0.337 e. The van der Waals surface area contributed by atoms with E-state index in [4.69, 9.17) is 0 Å². The van der Waals surface area contributed by atoms with E-state index in [1.807, 2.05) is 31.2 Å². The summed E-state index contributed by atoms with van der Waals surface area (Å²) in [5.41, 5.74) is 0.263. The summed E-state index contributed by atoms with van der Waals surface area (Å²) in [6.45, 7) is 2.25. The lowest BCUT2D eigenvalue weighted by molar-refractivity contribution is -0.133. The molecule has 0 unspecified atom stereocenters. The Morgan fingerprint density at radius 3 is 2.76 bits per heavy atom. The normalized spacial score (nSPS) is 19.2. The maximum Gasteiger partial charge on any atom is 0.325 e. The molecule has 1 aliphatic heterocycles. The number of rotatable bonds is 6. The maximum atomic E-state index is 12.7. The van der Waals surface area contributed by atoms with Crippen molar-refractivity contribution in [1.82, 2.24) is 20.1 Å². The Morgan fingerprint density at radius 1 is 1.31 bits per heavy atom. The number of imide groups is 1. The van der Waals surface area contributed by atoms with Crippen LogP contribution in [0.4, 0.5) is 4.79 Å². The predicted molar refractivity (Wildman–Crippen MR) is 111 cm³/mol. The molecule has 1 saturated heterocycles. The number of carbonyl (C=O) groups is 3. The average Bonchev–Trinajstić information content (AvgIpc) is 3.41. The highest BCUT2D eigenvalue weighted by Crippen LogP contribution is 2.35. The van der Waals surface area contributed by atoms with Gasteiger partial charge in [-0.15, -0.1) is 11.3 Å². The quantitative estimate of drug-likeness (QED) is 0.734. The molecule has 2 fully saturated rings. The molecule has 0 bridgehead atoms. The van der Waals surface area contributed by atoms with Crippen LogP contribution in [0, 0.1) is 0 Å². The minimum atomic E-state index is -0.681. The third-order valence-corrected chi connectivity index (χ3v) is 7.32. The first-order valence-corrected chi connectivity index (χ1v) is 11.0. The summed E-state index contributed by atoms with van der Waals surface area (Å²) in [7, 11) is 1.78. The fourth-order valence-electron chi connectivity index (χ4n) is 4.21. The number of thiazole rings is 1. The fraction of sp³-hybridized carbons (Fsp3) is 0.524. The predicted octanol–water partition coefficient (Wildman–Crippen LogP) is 3.46. The molecule has 29 heavy (non-hydrogen) atoms. The summed E-state index contributed by atoms with van der Waals surface area (Å²) in [4.78, 5) is 45.2. The van der Waals surface area contributed by atoms with Crippen molar-refractivity contribution in [3.8, 4) is 0 Å². The number of carbonyl (C=O) groups excluding carboxylic acids is 3. The van der Waals surface area contributed by atoms with Crippen LogP contribution in [0.1, 0.15) is 56.5 Å². The van der Waals surface area contributed by atoms with E-state index in [0.717, 1.165) is 40.9 Å². The Morgan fingerprint density at radius 2 is 2.03 bits per heavy atom. The summed E-state index contributed by atoms with van der Waals surface area (Å²) < 4.78 is 1.11. The number of para-hydroxylation sites is 1. The molecule has 8 heteroatoms. The summed E-state index contributed by atoms with van der Waals surface area (Å²) in [5.74, 6) is -0.136. The topological polar surface area (TPSA) is 82.6 Å². The molecule has 4 rings (SSSR count). The van der Waals surface area contributed by atoms with E-state index >= 15 is 0 Å². The SMILES string of the molecule is C[C@H](c1nc2ccccc2s1)N(C)C(=O)CCCN1C(=O)NC2(CCCC2)C1=O. The summed E-state index contributed by atoms with van der Waals surface area (Å²) in [5, 5.41) is 3.78. The van der Waals surface area contributed by atoms with E-state index in [2.05, 4.69) is 10.3 Å². The van der Waals surface area contributed by atoms with Crippen molar-refractivity contribution in [2.45, 2.75) is 57.0 Å². The zero-order valence-corrected chi connectivity index (χ0v) is 17.6. The lowest BCUT2D eigenvalue weighted by Gasteiger charge is -2.24. The lowest BCUT2D eigenvalue weighted by atomic mass is 9.98. The van der Waals surface area contributed by atoms with Crippen LogP contribution in [0.2, 0.25) is 0 Å². The molecule has 1 aromatic heterocycles. The summed E-state index contributed by atoms with van der Waals surface area (Å²) in [6, 6.07) is 7.49. The van der Waals surface area contributed by atoms with Crippen molar-refractivity contribution >= 4 is 39.4 Å². The number of aromatic nitrogens is 1. The zero-order chi connectivity index (χ0) is 20.6. The van der Waals surface area contributed by atoms with Gasteiger partial charge in [0.1, 0.15) is 10.5 Å². The lowest BCUT2D eigenvalue weighted by Crippen LogP contribution is -2.44. The van der Waals surface area contributed by atoms with E-state index in [1.54, 1.807) is 23.3 Å². The number of hydrogen-bond donors (Lipinski definition) is 1. The first-order chi connectivity index (χ1) is 13.9. The smallest absolute Gasteiger partial charge is 0.325 e. The Balaban J connectivity index is 1.32. The number of amides is 4. The molecule has 7 nitrogen and oxygen atoms in total. The molecule has 1 spiro atoms. The van der Waals surface area contributed by atoms with Gasteiger partial charge in [-0.3, -0.25) is 14.5 Å². The van der Waals surface area contributed by atoms with Crippen LogP contribution < -0.4 is 5.32 Å². The third kappa shape index (κ3) is 3.61. The van der Waals surface area contributed by atoms with Crippen LogP contribution in [0.25, 0.3) is 10.2 Å². The molecule has 154 valence electrons. The monoisotopic (exact) mass is 414 g/mol. The van der Waals surface area contributed by atoms with Crippen LogP contribution >= 0.6 is 11.3 Å². The first kappa shape index (κ1) is 19.8. The van der Waals surface area contributed by atoms with Crippen LogP contribution in [-0.4, -0.2) is 51.8 Å². The standard InChI is InChI=1S/C21H26N4O3S/c1-14(18-22-15-8-3-4-9-16(15)29-18)24(2)17(26)10-7-13-25-19(27)21(23-20(25)28)11-5-6-12-21/h3-4,8-9,14H,5-7,10-13H2,1-2H3,(H,23,28)/t14-/m1/s1. The van der Waals surface area contributed by atoms with Crippen LogP contribution in [0.3, 0.4) is 0 Å². The molecule has 2 aliphatic rings. The molecule has 1 atom stereocenters. The zero-order valence-electron chi connectivity index (χ0n) is 16.8. The molecule has 4 amide bonds. The van der Waals surface area contributed by atoms with E-state index in [1.165, 1.54) is 4.90 Å². The minimum Gasteiger partial charge on any atom is -0.337 e. The Bertz CT molecular complexity index is 917. The van der Waals surface area contributed by atoms with Crippen molar-refractivity contribution in [3.63, 3.8) is 0 Å². The highest BCUT2D eigenvalue weighted by Gasteiger charge is 2.52. The van der Waals surface area contributed by atoms with Gasteiger partial charge in [0.2, 0.25) is 5.91 Å². The van der Waals surface area contributed by atoms with Gasteiger partial charge in [-0.25, -0.2) is 9.78 Å². The second-order valence-corrected chi connectivity index (χ2v) is 9.04. The van der Waals surface area contributed by atoms with Crippen molar-refractivity contribution in [2.75, 3.05) is 13.6 Å². The number of hydrogen-bond acceptors (Lipinski definition) is 5. The minimum absolute atomic E-state index is 0.0145. The van der Waals surface area contributed by atoms with Gasteiger partial charge in [-0.1, -0.05) is 25.0 Å². The van der Waals surface area contributed by atoms with Gasteiger partial charge >= 0.3 is 6.03 Å². The number of nitrogens with zero attached hydrogens (tertiary/aromatic N) is 3. The molecule has 2 aromatic rings. The Labute approximate surface area is 174 Å². The highest BCUT2D eigenvalue weighted by molar-refractivity contribution is 7.18. The Hall–Kier alpha value is -2.48. The van der Waals surface area contributed by atoms with Crippen LogP contribution in [0.15, 0.2) is 24.3 Å². The van der Waals surface area contributed by atoms with Gasteiger partial charge in [0.05, 0.1) is 16.3 Å². The van der Waals surface area contributed by atoms with E-state index in [-0.39, 0.29) is 36.9 Å². The van der Waals surface area contributed by atoms with Crippen LogP contribution in [0.5, 0.6) is 0 Å². The third-order valence-electron chi connectivity index (χ3n) is 6.12. The van der Waals surface area contributed by atoms with Gasteiger partial charge in [-0.2, -0.15) is 0 Å². The van der Waals surface area contributed by atoms with Crippen LogP contribution in [-0.2, 0) is 9.59 Å². The number of fused-ring (bicyclic) bond motifs is 1. The van der Waals surface area contributed by atoms with Gasteiger partial charge in [0, 0.05) is 20.0 Å². The van der Waals surface area contributed by atoms with Gasteiger partial charge < -0.3 is 10.2 Å². The second kappa shape index (κ2) is 7.74. The molecule has 2 heterocycles. The molecule has 1 saturated carbocycles. The number of nitrogens with one attached hydrogen (secondary N) is 1. The highest BCUT2D eigenvalue weighted by atomic mass is 32.1. The van der Waals surface area contributed by atoms with Gasteiger partial charge in [0.25, 0.3) is 5.91 Å². The van der Waals surface area contributed by atoms with E-state index in [9.17, 15) is 14.4 Å². The maximum absolute atomic E-state index is 12.7. The number of urea groups is 1.